The molecule has 4 heteroatoms. The summed E-state index contributed by atoms with van der Waals surface area (Å²) in [4.78, 5) is 8.79. The first-order valence-corrected chi connectivity index (χ1v) is 6.83. The van der Waals surface area contributed by atoms with Crippen molar-refractivity contribution in [1.82, 2.24) is 5.32 Å². The molecule has 2 unspecified atom stereocenters. The standard InChI is InChI=1S/C13H23N3O/c1-11(13-9-14-7-8-17-13)15-10-16-12-5-3-2-4-6-12/h11-14H,2-9H2,1H3. The lowest BCUT2D eigenvalue weighted by Crippen LogP contribution is -2.43. The van der Waals surface area contributed by atoms with Crippen molar-refractivity contribution in [3.8, 4) is 0 Å². The predicted molar refractivity (Wildman–Crippen MR) is 68.8 cm³/mol. The molecule has 1 saturated heterocycles. The summed E-state index contributed by atoms with van der Waals surface area (Å²) in [6.07, 6.45) is 6.57. The molecule has 0 aromatic rings. The van der Waals surface area contributed by atoms with Gasteiger partial charge in [-0.15, -0.1) is 0 Å². The van der Waals surface area contributed by atoms with Crippen LogP contribution < -0.4 is 5.32 Å². The van der Waals surface area contributed by atoms with Gasteiger partial charge >= 0.3 is 0 Å². The van der Waals surface area contributed by atoms with E-state index in [1.165, 1.54) is 32.1 Å². The second-order valence-electron chi connectivity index (χ2n) is 5.00. The van der Waals surface area contributed by atoms with E-state index in [0.29, 0.717) is 6.04 Å². The monoisotopic (exact) mass is 237 g/mol. The Labute approximate surface area is 104 Å². The smallest absolute Gasteiger partial charge is 0.0928 e. The number of morpholine rings is 1. The van der Waals surface area contributed by atoms with Gasteiger partial charge in [0.15, 0.2) is 0 Å². The summed E-state index contributed by atoms with van der Waals surface area (Å²) in [5.74, 6) is 0. The second kappa shape index (κ2) is 6.90. The van der Waals surface area contributed by atoms with Crippen LogP contribution in [-0.2, 0) is 4.74 Å². The van der Waals surface area contributed by atoms with Crippen LogP contribution in [0, 0.1) is 0 Å². The van der Waals surface area contributed by atoms with Gasteiger partial charge in [-0.1, -0.05) is 19.3 Å². The van der Waals surface area contributed by atoms with Crippen molar-refractivity contribution >= 4 is 6.01 Å². The minimum atomic E-state index is 0.148. The van der Waals surface area contributed by atoms with E-state index in [9.17, 15) is 0 Å². The van der Waals surface area contributed by atoms with Crippen LogP contribution in [0.2, 0.25) is 0 Å². The highest BCUT2D eigenvalue weighted by molar-refractivity contribution is 5.42. The van der Waals surface area contributed by atoms with Crippen LogP contribution in [0.15, 0.2) is 9.98 Å². The molecule has 1 aliphatic carbocycles. The first-order valence-electron chi connectivity index (χ1n) is 6.83. The number of hydrogen-bond acceptors (Lipinski definition) is 4. The van der Waals surface area contributed by atoms with Gasteiger partial charge in [-0.25, -0.2) is 9.98 Å². The molecule has 0 bridgehead atoms. The van der Waals surface area contributed by atoms with Crippen LogP contribution in [0.3, 0.4) is 0 Å². The second-order valence-corrected chi connectivity index (χ2v) is 5.00. The minimum absolute atomic E-state index is 0.148. The summed E-state index contributed by atoms with van der Waals surface area (Å²) < 4.78 is 5.64. The van der Waals surface area contributed by atoms with Gasteiger partial charge in [0.1, 0.15) is 0 Å². The highest BCUT2D eigenvalue weighted by Gasteiger charge is 2.19. The quantitative estimate of drug-likeness (QED) is 0.762. The molecule has 4 nitrogen and oxygen atoms in total. The van der Waals surface area contributed by atoms with E-state index < -0.39 is 0 Å². The van der Waals surface area contributed by atoms with Crippen LogP contribution in [0.5, 0.6) is 0 Å². The molecule has 96 valence electrons. The zero-order valence-corrected chi connectivity index (χ0v) is 10.7. The topological polar surface area (TPSA) is 46.0 Å². The molecule has 1 heterocycles. The van der Waals surface area contributed by atoms with Crippen LogP contribution >= 0.6 is 0 Å². The molecule has 0 amide bonds. The lowest BCUT2D eigenvalue weighted by molar-refractivity contribution is 0.0169. The first kappa shape index (κ1) is 12.7. The number of aliphatic imine (C=N–C) groups is 2. The van der Waals surface area contributed by atoms with E-state index in [0.717, 1.165) is 19.7 Å². The lowest BCUT2D eigenvalue weighted by atomic mass is 9.96. The highest BCUT2D eigenvalue weighted by Crippen LogP contribution is 2.19. The van der Waals surface area contributed by atoms with Gasteiger partial charge in [0.2, 0.25) is 0 Å². The van der Waals surface area contributed by atoms with Crippen LogP contribution in [0.4, 0.5) is 0 Å². The summed E-state index contributed by atoms with van der Waals surface area (Å²) in [6, 6.07) is 3.51. The molecular weight excluding hydrogens is 214 g/mol. The van der Waals surface area contributed by atoms with E-state index in [1.54, 1.807) is 0 Å². The van der Waals surface area contributed by atoms with Crippen molar-refractivity contribution in [2.24, 2.45) is 9.98 Å². The summed E-state index contributed by atoms with van der Waals surface area (Å²) >= 11 is 0. The van der Waals surface area contributed by atoms with Crippen LogP contribution in [0.1, 0.15) is 39.0 Å². The van der Waals surface area contributed by atoms with E-state index in [1.807, 2.05) is 0 Å². The fraction of sp³-hybridized carbons (Fsp3) is 0.923. The zero-order chi connectivity index (χ0) is 11.9. The van der Waals surface area contributed by atoms with Crippen molar-refractivity contribution < 1.29 is 4.74 Å². The molecule has 0 aromatic heterocycles. The Hall–Kier alpha value is -0.700. The van der Waals surface area contributed by atoms with E-state index in [-0.39, 0.29) is 12.1 Å². The minimum Gasteiger partial charge on any atom is -0.373 e. The third-order valence-electron chi connectivity index (χ3n) is 3.57. The van der Waals surface area contributed by atoms with Crippen molar-refractivity contribution in [2.75, 3.05) is 19.7 Å². The Morgan fingerprint density at radius 1 is 1.29 bits per heavy atom. The van der Waals surface area contributed by atoms with Gasteiger partial charge in [0, 0.05) is 13.1 Å². The zero-order valence-electron chi connectivity index (χ0n) is 10.7. The SMILES string of the molecule is CC(N=C=NC1CCCCC1)C1CNCCO1. The summed E-state index contributed by atoms with van der Waals surface area (Å²) in [6.45, 7) is 4.68. The molecule has 17 heavy (non-hydrogen) atoms. The fourth-order valence-electron chi connectivity index (χ4n) is 2.39. The maximum Gasteiger partial charge on any atom is 0.0928 e. The summed E-state index contributed by atoms with van der Waals surface area (Å²) in [5.41, 5.74) is 0. The maximum atomic E-state index is 5.64. The Kier molecular flexibility index (Phi) is 5.17. The third-order valence-corrected chi connectivity index (χ3v) is 3.57. The molecule has 0 spiro atoms. The normalized spacial score (nSPS) is 28.2. The van der Waals surface area contributed by atoms with Gasteiger partial charge in [0.25, 0.3) is 0 Å². The maximum absolute atomic E-state index is 5.64. The highest BCUT2D eigenvalue weighted by atomic mass is 16.5. The van der Waals surface area contributed by atoms with Crippen molar-refractivity contribution in [3.63, 3.8) is 0 Å². The molecule has 2 fully saturated rings. The predicted octanol–water partition coefficient (Wildman–Crippen LogP) is 1.87. The van der Waals surface area contributed by atoms with Crippen LogP contribution in [-0.4, -0.2) is 43.9 Å². The summed E-state index contributed by atoms with van der Waals surface area (Å²) in [5, 5.41) is 3.31. The van der Waals surface area contributed by atoms with E-state index >= 15 is 0 Å². The lowest BCUT2D eigenvalue weighted by Gasteiger charge is -2.25. The van der Waals surface area contributed by atoms with Crippen molar-refractivity contribution in [2.45, 2.75) is 57.2 Å². The Morgan fingerprint density at radius 3 is 2.82 bits per heavy atom. The van der Waals surface area contributed by atoms with E-state index in [4.69, 9.17) is 4.74 Å². The van der Waals surface area contributed by atoms with Crippen molar-refractivity contribution in [3.05, 3.63) is 0 Å². The number of rotatable bonds is 3. The summed E-state index contributed by atoms with van der Waals surface area (Å²) in [7, 11) is 0. The Morgan fingerprint density at radius 2 is 2.12 bits per heavy atom. The largest absolute Gasteiger partial charge is 0.373 e. The molecular formula is C13H23N3O. The Bertz CT molecular complexity index is 274. The van der Waals surface area contributed by atoms with Gasteiger partial charge < -0.3 is 10.1 Å². The van der Waals surface area contributed by atoms with Crippen LogP contribution in [0.25, 0.3) is 0 Å². The molecule has 2 atom stereocenters. The molecule has 2 rings (SSSR count). The van der Waals surface area contributed by atoms with Gasteiger partial charge in [0.05, 0.1) is 30.8 Å². The fourth-order valence-corrected chi connectivity index (χ4v) is 2.39. The van der Waals surface area contributed by atoms with Crippen molar-refractivity contribution in [1.29, 1.82) is 0 Å². The van der Waals surface area contributed by atoms with Gasteiger partial charge in [-0.3, -0.25) is 0 Å². The number of nitrogens with zero attached hydrogens (tertiary/aromatic N) is 2. The van der Waals surface area contributed by atoms with Gasteiger partial charge in [-0.05, 0) is 19.8 Å². The average molecular weight is 237 g/mol. The van der Waals surface area contributed by atoms with E-state index in [2.05, 4.69) is 28.2 Å². The first-order chi connectivity index (χ1) is 8.36. The number of nitrogens with one attached hydrogen (secondary N) is 1. The molecule has 2 aliphatic rings. The van der Waals surface area contributed by atoms with Gasteiger partial charge in [-0.2, -0.15) is 0 Å². The molecule has 1 aliphatic heterocycles. The average Bonchev–Trinajstić information content (AvgIpc) is 2.41. The molecule has 0 aromatic carbocycles. The molecule has 0 radical (unpaired) electrons. The third kappa shape index (κ3) is 4.23. The molecule has 1 saturated carbocycles. The number of hydrogen-bond donors (Lipinski definition) is 1. The number of ether oxygens (including phenoxy) is 1. The Balaban J connectivity index is 1.79. The molecule has 1 N–H and O–H groups in total.